The van der Waals surface area contributed by atoms with Gasteiger partial charge >= 0.3 is 5.97 Å². The first-order valence-corrected chi connectivity index (χ1v) is 9.91. The van der Waals surface area contributed by atoms with Crippen molar-refractivity contribution in [3.05, 3.63) is 87.3 Å². The highest BCUT2D eigenvalue weighted by Crippen LogP contribution is 2.32. The first-order chi connectivity index (χ1) is 15.3. The van der Waals surface area contributed by atoms with Gasteiger partial charge in [-0.25, -0.2) is 9.78 Å². The van der Waals surface area contributed by atoms with Crippen molar-refractivity contribution in [3.8, 4) is 11.3 Å². The molecule has 0 radical (unpaired) electrons. The number of carbonyl (C=O) groups is 1. The Morgan fingerprint density at radius 1 is 1.22 bits per heavy atom. The number of rotatable bonds is 5. The number of carboxylic acid groups (broad SMARTS) is 1. The summed E-state index contributed by atoms with van der Waals surface area (Å²) in [6.07, 6.45) is 3.26. The zero-order valence-corrected chi connectivity index (χ0v) is 17.6. The van der Waals surface area contributed by atoms with Crippen molar-refractivity contribution in [1.29, 1.82) is 0 Å². The van der Waals surface area contributed by atoms with Gasteiger partial charge in [-0.2, -0.15) is 4.39 Å². The normalized spacial score (nSPS) is 12.0. The van der Waals surface area contributed by atoms with Crippen LogP contribution in [0.25, 0.3) is 22.3 Å². The van der Waals surface area contributed by atoms with E-state index in [0.29, 0.717) is 33.4 Å². The third-order valence-corrected chi connectivity index (χ3v) is 5.22. The molecule has 3 heterocycles. The lowest BCUT2D eigenvalue weighted by Gasteiger charge is -2.19. The second-order valence-corrected chi connectivity index (χ2v) is 7.56. The largest absolute Gasteiger partial charge is 0.476 e. The summed E-state index contributed by atoms with van der Waals surface area (Å²) in [4.78, 5) is 32.2. The Morgan fingerprint density at radius 3 is 2.69 bits per heavy atom. The molecule has 0 bridgehead atoms. The van der Waals surface area contributed by atoms with E-state index in [4.69, 9.17) is 4.42 Å². The number of anilines is 1. The monoisotopic (exact) mass is 433 g/mol. The van der Waals surface area contributed by atoms with Gasteiger partial charge in [0.2, 0.25) is 5.95 Å². The lowest BCUT2D eigenvalue weighted by Crippen LogP contribution is -2.15. The van der Waals surface area contributed by atoms with Crippen molar-refractivity contribution in [2.75, 3.05) is 5.32 Å². The lowest BCUT2D eigenvalue weighted by atomic mass is 9.99. The van der Waals surface area contributed by atoms with Gasteiger partial charge in [-0.3, -0.25) is 9.78 Å². The van der Waals surface area contributed by atoms with Crippen LogP contribution in [0.1, 0.15) is 40.1 Å². The summed E-state index contributed by atoms with van der Waals surface area (Å²) >= 11 is 0. The topological polar surface area (TPSA) is 105 Å². The van der Waals surface area contributed by atoms with Crippen molar-refractivity contribution < 1.29 is 18.7 Å². The van der Waals surface area contributed by atoms with E-state index >= 15 is 0 Å². The highest BCUT2D eigenvalue weighted by molar-refractivity contribution is 5.92. The Morgan fingerprint density at radius 2 is 2.00 bits per heavy atom. The van der Waals surface area contributed by atoms with Crippen molar-refractivity contribution in [2.45, 2.75) is 26.8 Å². The number of aromatic carboxylic acids is 1. The van der Waals surface area contributed by atoms with Crippen molar-refractivity contribution in [3.63, 3.8) is 0 Å². The van der Waals surface area contributed by atoms with Gasteiger partial charge in [0.15, 0.2) is 11.1 Å². The zero-order chi connectivity index (χ0) is 23.0. The molecule has 162 valence electrons. The maximum Gasteiger partial charge on any atom is 0.356 e. The number of carboxylic acids is 1. The summed E-state index contributed by atoms with van der Waals surface area (Å²) in [6.45, 7) is 5.37. The number of halogens is 1. The lowest BCUT2D eigenvalue weighted by molar-refractivity contribution is 0.0690. The van der Waals surface area contributed by atoms with Crippen LogP contribution in [0.15, 0.2) is 58.0 Å². The van der Waals surface area contributed by atoms with E-state index < -0.39 is 23.7 Å². The van der Waals surface area contributed by atoms with Crippen LogP contribution >= 0.6 is 0 Å². The van der Waals surface area contributed by atoms with E-state index in [9.17, 15) is 19.1 Å². The molecule has 0 fully saturated rings. The minimum atomic E-state index is -1.35. The van der Waals surface area contributed by atoms with Crippen LogP contribution < -0.4 is 10.7 Å². The predicted molar refractivity (Wildman–Crippen MR) is 118 cm³/mol. The van der Waals surface area contributed by atoms with Gasteiger partial charge < -0.3 is 14.8 Å². The summed E-state index contributed by atoms with van der Waals surface area (Å²) in [7, 11) is 0. The van der Waals surface area contributed by atoms with E-state index in [2.05, 4.69) is 15.3 Å². The number of benzene rings is 1. The second kappa shape index (κ2) is 8.22. The highest BCUT2D eigenvalue weighted by atomic mass is 19.1. The molecule has 0 aliphatic heterocycles. The number of hydrogen-bond acceptors (Lipinski definition) is 6. The summed E-state index contributed by atoms with van der Waals surface area (Å²) in [5.74, 6) is -1.82. The fourth-order valence-corrected chi connectivity index (χ4v) is 3.69. The van der Waals surface area contributed by atoms with Gasteiger partial charge in [0.25, 0.3) is 0 Å². The van der Waals surface area contributed by atoms with Gasteiger partial charge in [0, 0.05) is 29.1 Å². The molecule has 4 aromatic rings. The molecule has 0 saturated heterocycles. The van der Waals surface area contributed by atoms with Gasteiger partial charge in [-0.15, -0.1) is 0 Å². The Balaban J connectivity index is 1.88. The van der Waals surface area contributed by atoms with Crippen LogP contribution in [0, 0.1) is 19.8 Å². The molecule has 7 nitrogen and oxygen atoms in total. The molecule has 1 unspecified atom stereocenters. The minimum Gasteiger partial charge on any atom is -0.476 e. The maximum absolute atomic E-state index is 13.5. The quantitative estimate of drug-likeness (QED) is 0.432. The Labute approximate surface area is 182 Å². The molecule has 3 aromatic heterocycles. The summed E-state index contributed by atoms with van der Waals surface area (Å²) in [5.41, 5.74) is 2.60. The van der Waals surface area contributed by atoms with Crippen molar-refractivity contribution in [1.82, 2.24) is 9.97 Å². The molecule has 32 heavy (non-hydrogen) atoms. The molecule has 0 aliphatic rings. The van der Waals surface area contributed by atoms with Crippen LogP contribution in [0.5, 0.6) is 0 Å². The molecular formula is C24H20FN3O4. The van der Waals surface area contributed by atoms with E-state index in [1.54, 1.807) is 38.4 Å². The third-order valence-electron chi connectivity index (χ3n) is 5.22. The molecule has 0 saturated carbocycles. The van der Waals surface area contributed by atoms with Crippen LogP contribution in [-0.2, 0) is 0 Å². The predicted octanol–water partition coefficient (Wildman–Crippen LogP) is 4.88. The Bertz CT molecular complexity index is 1400. The van der Waals surface area contributed by atoms with Gasteiger partial charge in [-0.1, -0.05) is 6.07 Å². The third kappa shape index (κ3) is 3.82. The SMILES string of the molecule is Cc1cc(C(C)Nc2ccc(F)nc2C(=O)O)c2oc(-c3cccnc3)c(C)c(=O)c2c1. The number of hydrogen-bond donors (Lipinski definition) is 2. The number of nitrogens with one attached hydrogen (secondary N) is 1. The Hall–Kier alpha value is -4.07. The smallest absolute Gasteiger partial charge is 0.356 e. The first kappa shape index (κ1) is 21.2. The molecule has 0 aliphatic carbocycles. The number of aryl methyl sites for hydroxylation is 1. The van der Waals surface area contributed by atoms with Crippen molar-refractivity contribution >= 4 is 22.6 Å². The zero-order valence-electron chi connectivity index (χ0n) is 17.6. The van der Waals surface area contributed by atoms with E-state index in [1.165, 1.54) is 6.07 Å². The molecule has 0 spiro atoms. The molecule has 2 N–H and O–H groups in total. The van der Waals surface area contributed by atoms with Crippen molar-refractivity contribution in [2.24, 2.45) is 0 Å². The number of pyridine rings is 2. The van der Waals surface area contributed by atoms with Gasteiger partial charge in [-0.05, 0) is 56.7 Å². The van der Waals surface area contributed by atoms with E-state index in [0.717, 1.165) is 11.6 Å². The van der Waals surface area contributed by atoms with Gasteiger partial charge in [0.05, 0.1) is 17.1 Å². The summed E-state index contributed by atoms with van der Waals surface area (Å²) in [5, 5.41) is 12.9. The van der Waals surface area contributed by atoms with Crippen LogP contribution in [0.3, 0.4) is 0 Å². The molecule has 1 aromatic carbocycles. The number of aromatic nitrogens is 2. The fourth-order valence-electron chi connectivity index (χ4n) is 3.69. The molecule has 4 rings (SSSR count). The minimum absolute atomic E-state index is 0.156. The van der Waals surface area contributed by atoms with Crippen LogP contribution in [0.2, 0.25) is 0 Å². The number of fused-ring (bicyclic) bond motifs is 1. The Kier molecular flexibility index (Phi) is 5.44. The molecular weight excluding hydrogens is 413 g/mol. The van der Waals surface area contributed by atoms with Gasteiger partial charge in [0.1, 0.15) is 11.3 Å². The summed E-state index contributed by atoms with van der Waals surface area (Å²) < 4.78 is 19.7. The average molecular weight is 433 g/mol. The summed E-state index contributed by atoms with van der Waals surface area (Å²) in [6, 6.07) is 9.12. The maximum atomic E-state index is 13.5. The van der Waals surface area contributed by atoms with Crippen LogP contribution in [-0.4, -0.2) is 21.0 Å². The highest BCUT2D eigenvalue weighted by Gasteiger charge is 2.21. The van der Waals surface area contributed by atoms with Crippen LogP contribution in [0.4, 0.5) is 10.1 Å². The fraction of sp³-hybridized carbons (Fsp3) is 0.167. The first-order valence-electron chi connectivity index (χ1n) is 9.91. The van der Waals surface area contributed by atoms with E-state index in [-0.39, 0.29) is 11.1 Å². The molecule has 0 amide bonds. The average Bonchev–Trinajstić information content (AvgIpc) is 2.77. The molecule has 8 heteroatoms. The number of nitrogens with zero attached hydrogens (tertiary/aromatic N) is 2. The standard InChI is InChI=1S/C24H20FN3O4/c1-12-9-16(14(3)27-18-6-7-19(25)28-20(18)24(30)31)23-17(10-12)21(29)13(2)22(32-23)15-5-4-8-26-11-15/h4-11,14,27H,1-3H3,(H,30,31). The second-order valence-electron chi connectivity index (χ2n) is 7.56. The molecule has 1 atom stereocenters. The van der Waals surface area contributed by atoms with E-state index in [1.807, 2.05) is 19.1 Å².